The zero-order chi connectivity index (χ0) is 13.4. The third kappa shape index (κ3) is 2.23. The second-order valence-electron chi connectivity index (χ2n) is 5.40. The molecule has 0 aliphatic heterocycles. The molecule has 1 N–H and O–H groups in total. The Labute approximate surface area is 112 Å². The van der Waals surface area contributed by atoms with Gasteiger partial charge >= 0.3 is 0 Å². The van der Waals surface area contributed by atoms with Crippen LogP contribution in [-0.2, 0) is 11.8 Å². The summed E-state index contributed by atoms with van der Waals surface area (Å²) >= 11 is 0. The molecule has 0 radical (unpaired) electrons. The fraction of sp³-hybridized carbons (Fsp3) is 0.467. The number of nitrogens with zero attached hydrogens (tertiary/aromatic N) is 2. The van der Waals surface area contributed by atoms with Crippen molar-refractivity contribution in [1.82, 2.24) is 9.55 Å². The molecule has 1 amide bonds. The molecule has 1 heterocycles. The van der Waals surface area contributed by atoms with Crippen LogP contribution >= 0.6 is 0 Å². The van der Waals surface area contributed by atoms with E-state index in [9.17, 15) is 4.79 Å². The molecular formula is C15H19N3O. The molecule has 4 heteroatoms. The van der Waals surface area contributed by atoms with Crippen molar-refractivity contribution in [2.75, 3.05) is 5.32 Å². The minimum Gasteiger partial charge on any atom is -0.331 e. The fourth-order valence-electron chi connectivity index (χ4n) is 3.05. The van der Waals surface area contributed by atoms with E-state index in [-0.39, 0.29) is 5.91 Å². The summed E-state index contributed by atoms with van der Waals surface area (Å²) < 4.78 is 2.20. The minimum absolute atomic E-state index is 0.0497. The maximum atomic E-state index is 11.1. The van der Waals surface area contributed by atoms with Crippen molar-refractivity contribution >= 4 is 22.6 Å². The van der Waals surface area contributed by atoms with Crippen LogP contribution in [0.1, 0.15) is 44.3 Å². The molecule has 2 aromatic rings. The van der Waals surface area contributed by atoms with Crippen LogP contribution in [0, 0.1) is 0 Å². The average Bonchev–Trinajstić information content (AvgIpc) is 2.96. The lowest BCUT2D eigenvalue weighted by Gasteiger charge is -2.08. The second kappa shape index (κ2) is 4.68. The molecule has 0 bridgehead atoms. The lowest BCUT2D eigenvalue weighted by molar-refractivity contribution is -0.114. The third-order valence-electron chi connectivity index (χ3n) is 3.96. The largest absolute Gasteiger partial charge is 0.331 e. The molecule has 4 nitrogen and oxygen atoms in total. The van der Waals surface area contributed by atoms with Gasteiger partial charge in [0.05, 0.1) is 11.0 Å². The van der Waals surface area contributed by atoms with E-state index in [2.05, 4.69) is 16.9 Å². The molecule has 0 saturated heterocycles. The van der Waals surface area contributed by atoms with Gasteiger partial charge in [0.15, 0.2) is 0 Å². The first-order valence-electron chi connectivity index (χ1n) is 6.89. The molecule has 1 saturated carbocycles. The van der Waals surface area contributed by atoms with Crippen LogP contribution in [0.5, 0.6) is 0 Å². The molecule has 0 unspecified atom stereocenters. The number of amides is 1. The summed E-state index contributed by atoms with van der Waals surface area (Å²) in [7, 11) is 2.08. The van der Waals surface area contributed by atoms with Crippen molar-refractivity contribution in [3.05, 3.63) is 24.0 Å². The van der Waals surface area contributed by atoms with Crippen molar-refractivity contribution in [2.24, 2.45) is 7.05 Å². The number of hydrogen-bond donors (Lipinski definition) is 1. The summed E-state index contributed by atoms with van der Waals surface area (Å²) in [6, 6.07) is 5.92. The number of rotatable bonds is 2. The third-order valence-corrected chi connectivity index (χ3v) is 3.96. The predicted octanol–water partition coefficient (Wildman–Crippen LogP) is 3.19. The van der Waals surface area contributed by atoms with Gasteiger partial charge in [-0.15, -0.1) is 0 Å². The van der Waals surface area contributed by atoms with Gasteiger partial charge < -0.3 is 9.88 Å². The lowest BCUT2D eigenvalue weighted by atomic mass is 10.1. The highest BCUT2D eigenvalue weighted by atomic mass is 16.1. The second-order valence-corrected chi connectivity index (χ2v) is 5.40. The van der Waals surface area contributed by atoms with Crippen molar-refractivity contribution in [3.63, 3.8) is 0 Å². The number of nitrogens with one attached hydrogen (secondary N) is 1. The number of aromatic nitrogens is 2. The first-order valence-corrected chi connectivity index (χ1v) is 6.89. The molecule has 3 rings (SSSR count). The number of carbonyl (C=O) groups is 1. The number of carbonyl (C=O) groups excluding carboxylic acids is 1. The van der Waals surface area contributed by atoms with Gasteiger partial charge in [-0.2, -0.15) is 0 Å². The highest BCUT2D eigenvalue weighted by molar-refractivity contribution is 5.91. The van der Waals surface area contributed by atoms with E-state index in [1.165, 1.54) is 38.4 Å². The van der Waals surface area contributed by atoms with E-state index in [4.69, 9.17) is 4.98 Å². The number of benzene rings is 1. The number of anilines is 1. The van der Waals surface area contributed by atoms with Crippen LogP contribution in [0.15, 0.2) is 18.2 Å². The zero-order valence-corrected chi connectivity index (χ0v) is 11.4. The Morgan fingerprint density at radius 2 is 2.11 bits per heavy atom. The van der Waals surface area contributed by atoms with E-state index in [0.717, 1.165) is 16.7 Å². The summed E-state index contributed by atoms with van der Waals surface area (Å²) in [5, 5.41) is 2.81. The van der Waals surface area contributed by atoms with Crippen LogP contribution in [0.25, 0.3) is 11.0 Å². The van der Waals surface area contributed by atoms with Crippen LogP contribution in [-0.4, -0.2) is 15.5 Å². The molecule has 19 heavy (non-hydrogen) atoms. The standard InChI is InChI=1S/C15H19N3O/c1-10(19)16-12-7-8-14-13(9-12)17-15(18(14)2)11-5-3-4-6-11/h7-9,11H,3-6H2,1-2H3,(H,16,19). The van der Waals surface area contributed by atoms with Crippen LogP contribution in [0.3, 0.4) is 0 Å². The molecule has 1 aromatic carbocycles. The van der Waals surface area contributed by atoms with Crippen molar-refractivity contribution in [1.29, 1.82) is 0 Å². The normalized spacial score (nSPS) is 16.1. The summed E-state index contributed by atoms with van der Waals surface area (Å²) in [6.07, 6.45) is 5.11. The van der Waals surface area contributed by atoms with Crippen LogP contribution in [0.2, 0.25) is 0 Å². The molecule has 0 spiro atoms. The van der Waals surface area contributed by atoms with Crippen molar-refractivity contribution in [2.45, 2.75) is 38.5 Å². The smallest absolute Gasteiger partial charge is 0.221 e. The van der Waals surface area contributed by atoms with Crippen molar-refractivity contribution in [3.8, 4) is 0 Å². The highest BCUT2D eigenvalue weighted by Crippen LogP contribution is 2.35. The predicted molar refractivity (Wildman–Crippen MR) is 76.2 cm³/mol. The Balaban J connectivity index is 2.01. The average molecular weight is 257 g/mol. The van der Waals surface area contributed by atoms with E-state index >= 15 is 0 Å². The fourth-order valence-corrected chi connectivity index (χ4v) is 3.05. The van der Waals surface area contributed by atoms with Gasteiger partial charge in [0.25, 0.3) is 0 Å². The maximum absolute atomic E-state index is 11.1. The number of aryl methyl sites for hydroxylation is 1. The van der Waals surface area contributed by atoms with Gasteiger partial charge in [0.2, 0.25) is 5.91 Å². The minimum atomic E-state index is -0.0497. The van der Waals surface area contributed by atoms with Gasteiger partial charge in [-0.3, -0.25) is 4.79 Å². The summed E-state index contributed by atoms with van der Waals surface area (Å²) in [5.41, 5.74) is 2.92. The summed E-state index contributed by atoms with van der Waals surface area (Å²) in [5.74, 6) is 1.74. The van der Waals surface area contributed by atoms with Gasteiger partial charge in [0, 0.05) is 25.6 Å². The number of fused-ring (bicyclic) bond motifs is 1. The van der Waals surface area contributed by atoms with Gasteiger partial charge in [-0.1, -0.05) is 12.8 Å². The Morgan fingerprint density at radius 1 is 1.37 bits per heavy atom. The van der Waals surface area contributed by atoms with Crippen molar-refractivity contribution < 1.29 is 4.79 Å². The highest BCUT2D eigenvalue weighted by Gasteiger charge is 2.22. The summed E-state index contributed by atoms with van der Waals surface area (Å²) in [4.78, 5) is 15.9. The Bertz CT molecular complexity index is 624. The SMILES string of the molecule is CC(=O)Nc1ccc2c(c1)nc(C1CCCC1)n2C. The quantitative estimate of drug-likeness (QED) is 0.898. The van der Waals surface area contributed by atoms with E-state index in [0.29, 0.717) is 5.92 Å². The van der Waals surface area contributed by atoms with E-state index in [1.54, 1.807) is 0 Å². The van der Waals surface area contributed by atoms with Gasteiger partial charge in [-0.05, 0) is 31.0 Å². The molecule has 1 fully saturated rings. The summed E-state index contributed by atoms with van der Waals surface area (Å²) in [6.45, 7) is 1.52. The number of hydrogen-bond acceptors (Lipinski definition) is 2. The molecule has 100 valence electrons. The van der Waals surface area contributed by atoms with Crippen LogP contribution in [0.4, 0.5) is 5.69 Å². The Morgan fingerprint density at radius 3 is 2.79 bits per heavy atom. The topological polar surface area (TPSA) is 46.9 Å². The monoisotopic (exact) mass is 257 g/mol. The molecule has 1 aliphatic rings. The molecular weight excluding hydrogens is 238 g/mol. The van der Waals surface area contributed by atoms with Gasteiger partial charge in [0.1, 0.15) is 5.82 Å². The van der Waals surface area contributed by atoms with E-state index in [1.807, 2.05) is 18.2 Å². The number of imidazole rings is 1. The first-order chi connectivity index (χ1) is 9.15. The molecule has 1 aromatic heterocycles. The van der Waals surface area contributed by atoms with Crippen LogP contribution < -0.4 is 5.32 Å². The lowest BCUT2D eigenvalue weighted by Crippen LogP contribution is -2.05. The Kier molecular flexibility index (Phi) is 3.01. The molecule has 0 atom stereocenters. The Hall–Kier alpha value is -1.84. The zero-order valence-electron chi connectivity index (χ0n) is 11.4. The molecule has 1 aliphatic carbocycles. The first kappa shape index (κ1) is 12.2. The van der Waals surface area contributed by atoms with Gasteiger partial charge in [-0.25, -0.2) is 4.98 Å². The van der Waals surface area contributed by atoms with E-state index < -0.39 is 0 Å². The maximum Gasteiger partial charge on any atom is 0.221 e.